The molecular weight excluding hydrogens is 385 g/mol. The zero-order valence-electron chi connectivity index (χ0n) is 15.0. The lowest BCUT2D eigenvalue weighted by Crippen LogP contribution is -2.61. The third-order valence-corrected chi connectivity index (χ3v) is 6.66. The van der Waals surface area contributed by atoms with Crippen molar-refractivity contribution < 1.29 is 22.3 Å². The number of carbonyl (C=O) groups is 1. The lowest BCUT2D eigenvalue weighted by Gasteiger charge is -2.45. The molecule has 0 spiro atoms. The van der Waals surface area contributed by atoms with Crippen molar-refractivity contribution in [2.45, 2.75) is 17.1 Å². The Morgan fingerprint density at radius 2 is 1.57 bits per heavy atom. The summed E-state index contributed by atoms with van der Waals surface area (Å²) in [6, 6.07) is 13.5. The highest BCUT2D eigenvalue weighted by Crippen LogP contribution is 2.25. The summed E-state index contributed by atoms with van der Waals surface area (Å²) in [5.41, 5.74) is 0.497. The average molecular weight is 405 g/mol. The van der Waals surface area contributed by atoms with Crippen LogP contribution in [0.5, 0.6) is 0 Å². The van der Waals surface area contributed by atoms with E-state index in [9.17, 15) is 17.6 Å². The van der Waals surface area contributed by atoms with Gasteiger partial charge in [-0.2, -0.15) is 4.31 Å². The molecule has 2 atom stereocenters. The minimum atomic E-state index is -3.60. The lowest BCUT2D eigenvalue weighted by atomic mass is 10.1. The molecule has 0 saturated carbocycles. The standard InChI is InChI=1S/C19H20FN3O4S/c20-14-6-8-15(9-7-14)21-19(24)22-10-16-12-23(13-17(11-22)27-16)28(25,26)18-4-2-1-3-5-18/h1-9,16-17H,10-13H2,(H,21,24)/t16-,17+. The highest BCUT2D eigenvalue weighted by Gasteiger charge is 2.41. The Kier molecular flexibility index (Phi) is 5.05. The van der Waals surface area contributed by atoms with E-state index < -0.39 is 22.2 Å². The Morgan fingerprint density at radius 1 is 0.964 bits per heavy atom. The van der Waals surface area contributed by atoms with Crippen molar-refractivity contribution in [2.75, 3.05) is 31.5 Å². The predicted molar refractivity (Wildman–Crippen MR) is 101 cm³/mol. The van der Waals surface area contributed by atoms with E-state index in [0.29, 0.717) is 5.69 Å². The number of benzene rings is 2. The molecule has 0 unspecified atom stereocenters. The van der Waals surface area contributed by atoms with Crippen LogP contribution in [0.15, 0.2) is 59.5 Å². The number of morpholine rings is 2. The van der Waals surface area contributed by atoms with Crippen molar-refractivity contribution in [1.29, 1.82) is 0 Å². The van der Waals surface area contributed by atoms with Gasteiger partial charge in [-0.3, -0.25) is 0 Å². The highest BCUT2D eigenvalue weighted by atomic mass is 32.2. The largest absolute Gasteiger partial charge is 0.369 e. The first-order chi connectivity index (χ1) is 13.4. The minimum absolute atomic E-state index is 0.189. The molecule has 7 nitrogen and oxygen atoms in total. The van der Waals surface area contributed by atoms with Gasteiger partial charge in [-0.25, -0.2) is 17.6 Å². The Labute approximate surface area is 162 Å². The molecule has 0 radical (unpaired) electrons. The molecule has 0 aliphatic carbocycles. The number of nitrogens with zero attached hydrogens (tertiary/aromatic N) is 2. The number of sulfonamides is 1. The van der Waals surface area contributed by atoms with Gasteiger partial charge in [0.15, 0.2) is 0 Å². The van der Waals surface area contributed by atoms with Gasteiger partial charge < -0.3 is 15.0 Å². The van der Waals surface area contributed by atoms with E-state index in [1.165, 1.54) is 28.6 Å². The molecular formula is C19H20FN3O4S. The molecule has 2 aliphatic rings. The lowest BCUT2D eigenvalue weighted by molar-refractivity contribution is -0.110. The van der Waals surface area contributed by atoms with Gasteiger partial charge in [-0.1, -0.05) is 18.2 Å². The normalized spacial score (nSPS) is 22.7. The maximum atomic E-state index is 13.0. The molecule has 28 heavy (non-hydrogen) atoms. The van der Waals surface area contributed by atoms with E-state index in [-0.39, 0.29) is 42.9 Å². The summed E-state index contributed by atoms with van der Waals surface area (Å²) in [4.78, 5) is 14.4. The van der Waals surface area contributed by atoms with Gasteiger partial charge in [0.05, 0.1) is 30.2 Å². The minimum Gasteiger partial charge on any atom is -0.369 e. The number of halogens is 1. The Morgan fingerprint density at radius 3 is 2.18 bits per heavy atom. The van der Waals surface area contributed by atoms with Crippen LogP contribution in [0.3, 0.4) is 0 Å². The van der Waals surface area contributed by atoms with Crippen LogP contribution in [0.2, 0.25) is 0 Å². The zero-order chi connectivity index (χ0) is 19.7. The number of urea groups is 1. The van der Waals surface area contributed by atoms with Crippen LogP contribution >= 0.6 is 0 Å². The summed E-state index contributed by atoms with van der Waals surface area (Å²) in [5, 5.41) is 2.73. The number of carbonyl (C=O) groups excluding carboxylic acids is 1. The quantitative estimate of drug-likeness (QED) is 0.849. The van der Waals surface area contributed by atoms with Gasteiger partial charge in [0.2, 0.25) is 10.0 Å². The van der Waals surface area contributed by atoms with E-state index >= 15 is 0 Å². The van der Waals surface area contributed by atoms with Gasteiger partial charge in [-0.05, 0) is 36.4 Å². The third kappa shape index (κ3) is 3.87. The van der Waals surface area contributed by atoms with Crippen molar-refractivity contribution >= 4 is 21.7 Å². The highest BCUT2D eigenvalue weighted by molar-refractivity contribution is 7.89. The second-order valence-electron chi connectivity index (χ2n) is 6.86. The summed E-state index contributed by atoms with van der Waals surface area (Å²) in [6.07, 6.45) is -0.796. The van der Waals surface area contributed by atoms with Gasteiger partial charge in [-0.15, -0.1) is 0 Å². The molecule has 2 fully saturated rings. The Balaban J connectivity index is 1.42. The Bertz CT molecular complexity index is 939. The van der Waals surface area contributed by atoms with Crippen molar-refractivity contribution in [3.05, 3.63) is 60.4 Å². The van der Waals surface area contributed by atoms with Crippen LogP contribution in [0.25, 0.3) is 0 Å². The fourth-order valence-electron chi connectivity index (χ4n) is 3.49. The van der Waals surface area contributed by atoms with Gasteiger partial charge >= 0.3 is 6.03 Å². The molecule has 2 aromatic rings. The number of amides is 2. The first-order valence-corrected chi connectivity index (χ1v) is 10.4. The van der Waals surface area contributed by atoms with E-state index in [1.54, 1.807) is 35.2 Å². The monoisotopic (exact) mass is 405 g/mol. The maximum Gasteiger partial charge on any atom is 0.322 e. The fourth-order valence-corrected chi connectivity index (χ4v) is 5.02. The molecule has 9 heteroatoms. The number of ether oxygens (including phenoxy) is 1. The van der Waals surface area contributed by atoms with E-state index in [1.807, 2.05) is 0 Å². The summed E-state index contributed by atoms with van der Waals surface area (Å²) < 4.78 is 46.0. The van der Waals surface area contributed by atoms with Crippen molar-refractivity contribution in [1.82, 2.24) is 9.21 Å². The number of anilines is 1. The van der Waals surface area contributed by atoms with Crippen molar-refractivity contribution in [3.63, 3.8) is 0 Å². The van der Waals surface area contributed by atoms with E-state index in [2.05, 4.69) is 5.32 Å². The number of fused-ring (bicyclic) bond motifs is 2. The Hall–Kier alpha value is -2.49. The van der Waals surface area contributed by atoms with Crippen LogP contribution in [0, 0.1) is 5.82 Å². The molecule has 2 aromatic carbocycles. The number of nitrogens with one attached hydrogen (secondary N) is 1. The molecule has 2 saturated heterocycles. The van der Waals surface area contributed by atoms with Crippen LogP contribution in [0.4, 0.5) is 14.9 Å². The van der Waals surface area contributed by atoms with Crippen LogP contribution < -0.4 is 5.32 Å². The third-order valence-electron chi connectivity index (χ3n) is 4.81. The molecule has 1 N–H and O–H groups in total. The summed E-state index contributed by atoms with van der Waals surface area (Å²) >= 11 is 0. The second-order valence-corrected chi connectivity index (χ2v) is 8.80. The van der Waals surface area contributed by atoms with Gasteiger partial charge in [0, 0.05) is 18.8 Å². The summed E-state index contributed by atoms with van der Waals surface area (Å²) in [7, 11) is -3.60. The van der Waals surface area contributed by atoms with Gasteiger partial charge in [0.25, 0.3) is 0 Å². The summed E-state index contributed by atoms with van der Waals surface area (Å²) in [6.45, 7) is 0.941. The SMILES string of the molecule is O=C(Nc1ccc(F)cc1)N1C[C@@H]2CN(S(=O)(=O)c3ccccc3)C[C@H](C1)O2. The topological polar surface area (TPSA) is 79.0 Å². The van der Waals surface area contributed by atoms with E-state index in [4.69, 9.17) is 4.74 Å². The molecule has 4 rings (SSSR count). The number of rotatable bonds is 3. The van der Waals surface area contributed by atoms with Crippen molar-refractivity contribution in [2.24, 2.45) is 0 Å². The second kappa shape index (κ2) is 7.50. The van der Waals surface area contributed by atoms with Gasteiger partial charge in [0.1, 0.15) is 5.82 Å². The van der Waals surface area contributed by atoms with Crippen LogP contribution in [0.1, 0.15) is 0 Å². The average Bonchev–Trinajstić information content (AvgIpc) is 2.69. The summed E-state index contributed by atoms with van der Waals surface area (Å²) in [5.74, 6) is -0.376. The number of hydrogen-bond acceptors (Lipinski definition) is 4. The number of hydrogen-bond donors (Lipinski definition) is 1. The first kappa shape index (κ1) is 18.9. The molecule has 148 valence electrons. The van der Waals surface area contributed by atoms with Crippen molar-refractivity contribution in [3.8, 4) is 0 Å². The van der Waals surface area contributed by atoms with Crippen LogP contribution in [-0.4, -0.2) is 62.0 Å². The fraction of sp³-hybridized carbons (Fsp3) is 0.316. The van der Waals surface area contributed by atoms with Crippen LogP contribution in [-0.2, 0) is 14.8 Å². The first-order valence-electron chi connectivity index (χ1n) is 8.94. The maximum absolute atomic E-state index is 13.0. The van der Waals surface area contributed by atoms with E-state index in [0.717, 1.165) is 0 Å². The zero-order valence-corrected chi connectivity index (χ0v) is 15.8. The smallest absolute Gasteiger partial charge is 0.322 e. The predicted octanol–water partition coefficient (Wildman–Crippen LogP) is 2.13. The molecule has 2 amide bonds. The molecule has 0 aromatic heterocycles. The molecule has 2 bridgehead atoms. The molecule has 2 heterocycles. The molecule has 2 aliphatic heterocycles.